The average molecular weight is 456 g/mol. The zero-order chi connectivity index (χ0) is 24.2. The number of rotatable bonds is 14. The van der Waals surface area contributed by atoms with Crippen LogP contribution in [0.25, 0.3) is 10.9 Å². The van der Waals surface area contributed by atoms with Gasteiger partial charge in [-0.05, 0) is 64.7 Å². The van der Waals surface area contributed by atoms with Gasteiger partial charge in [0.05, 0.1) is 18.7 Å². The molecule has 0 N–H and O–H groups in total. The lowest BCUT2D eigenvalue weighted by molar-refractivity contribution is 0.275. The number of benzene rings is 1. The number of ether oxygens (including phenoxy) is 3. The second-order valence-electron chi connectivity index (χ2n) is 8.79. The Bertz CT molecular complexity index is 1010. The highest BCUT2D eigenvalue weighted by Crippen LogP contribution is 2.34. The molecule has 0 aliphatic carbocycles. The molecule has 0 radical (unpaired) electrons. The Morgan fingerprint density at radius 1 is 0.939 bits per heavy atom. The summed E-state index contributed by atoms with van der Waals surface area (Å²) in [5.74, 6) is 1.55. The fourth-order valence-electron chi connectivity index (χ4n) is 3.43. The van der Waals surface area contributed by atoms with Crippen molar-refractivity contribution in [3.8, 4) is 17.2 Å². The van der Waals surface area contributed by atoms with E-state index < -0.39 is 0 Å². The summed E-state index contributed by atoms with van der Waals surface area (Å²) >= 11 is 0. The Hall–Kier alpha value is -2.69. The fraction of sp³-hybridized carbons (Fsp3) is 0.536. The summed E-state index contributed by atoms with van der Waals surface area (Å²) in [7, 11) is 1.77. The van der Waals surface area contributed by atoms with Crippen LogP contribution in [0.3, 0.4) is 0 Å². The number of unbranched alkanes of at least 4 members (excludes halogenated alkanes) is 2. The van der Waals surface area contributed by atoms with Crippen LogP contribution in [0, 0.1) is 0 Å². The number of pyridine rings is 1. The molecular weight excluding hydrogens is 414 g/mol. The molecule has 5 heteroatoms. The van der Waals surface area contributed by atoms with Gasteiger partial charge in [0, 0.05) is 18.5 Å². The van der Waals surface area contributed by atoms with Crippen molar-refractivity contribution in [3.63, 3.8) is 0 Å². The fourth-order valence-corrected chi connectivity index (χ4v) is 3.43. The maximum Gasteiger partial charge on any atom is 0.297 e. The molecule has 33 heavy (non-hydrogen) atoms. The van der Waals surface area contributed by atoms with Crippen molar-refractivity contribution in [3.05, 3.63) is 51.9 Å². The van der Waals surface area contributed by atoms with E-state index in [1.54, 1.807) is 11.6 Å². The molecule has 0 fully saturated rings. The van der Waals surface area contributed by atoms with Crippen molar-refractivity contribution in [2.24, 2.45) is 7.05 Å². The van der Waals surface area contributed by atoms with Gasteiger partial charge in [0.25, 0.3) is 5.56 Å². The SMILES string of the molecule is CCCCOc1ccc2c(OC/C=C(\C)CCC=C(C)C)c(OCCCC)c(=O)n(C)c2c1. The first kappa shape index (κ1) is 26.6. The minimum absolute atomic E-state index is 0.191. The third-order valence-corrected chi connectivity index (χ3v) is 5.54. The number of aryl methyl sites for hydroxylation is 1. The van der Waals surface area contributed by atoms with Crippen LogP contribution in [0.5, 0.6) is 17.2 Å². The Balaban J connectivity index is 2.36. The van der Waals surface area contributed by atoms with Crippen LogP contribution in [0.1, 0.15) is 73.1 Å². The predicted octanol–water partition coefficient (Wildman–Crippen LogP) is 6.97. The van der Waals surface area contributed by atoms with E-state index in [-0.39, 0.29) is 11.3 Å². The lowest BCUT2D eigenvalue weighted by atomic mass is 10.1. The second-order valence-corrected chi connectivity index (χ2v) is 8.79. The third kappa shape index (κ3) is 7.99. The van der Waals surface area contributed by atoms with Gasteiger partial charge in [0.2, 0.25) is 5.75 Å². The van der Waals surface area contributed by atoms with Gasteiger partial charge in [0.1, 0.15) is 12.4 Å². The zero-order valence-electron chi connectivity index (χ0n) is 21.3. The molecule has 0 saturated heterocycles. The van der Waals surface area contributed by atoms with E-state index in [2.05, 4.69) is 46.8 Å². The van der Waals surface area contributed by atoms with Crippen molar-refractivity contribution in [1.82, 2.24) is 4.57 Å². The Morgan fingerprint density at radius 3 is 2.30 bits per heavy atom. The minimum Gasteiger partial charge on any atom is -0.494 e. The van der Waals surface area contributed by atoms with E-state index in [1.807, 2.05) is 18.2 Å². The summed E-state index contributed by atoms with van der Waals surface area (Å²) in [6.45, 7) is 12.1. The van der Waals surface area contributed by atoms with Crippen LogP contribution in [0.2, 0.25) is 0 Å². The van der Waals surface area contributed by atoms with Crippen LogP contribution in [-0.2, 0) is 7.05 Å². The number of aromatic nitrogens is 1. The highest BCUT2D eigenvalue weighted by Gasteiger charge is 2.19. The van der Waals surface area contributed by atoms with E-state index in [0.29, 0.717) is 25.6 Å². The van der Waals surface area contributed by atoms with Gasteiger partial charge in [-0.3, -0.25) is 4.79 Å². The van der Waals surface area contributed by atoms with Crippen LogP contribution in [-0.4, -0.2) is 24.4 Å². The van der Waals surface area contributed by atoms with Gasteiger partial charge in [-0.15, -0.1) is 0 Å². The van der Waals surface area contributed by atoms with E-state index in [0.717, 1.165) is 55.2 Å². The Kier molecular flexibility index (Phi) is 11.1. The number of hydrogen-bond acceptors (Lipinski definition) is 4. The number of nitrogens with zero attached hydrogens (tertiary/aromatic N) is 1. The van der Waals surface area contributed by atoms with E-state index >= 15 is 0 Å². The summed E-state index contributed by atoms with van der Waals surface area (Å²) in [5.41, 5.74) is 3.18. The monoisotopic (exact) mass is 455 g/mol. The molecule has 182 valence electrons. The molecule has 0 saturated carbocycles. The topological polar surface area (TPSA) is 49.7 Å². The molecule has 0 bridgehead atoms. The summed E-state index contributed by atoms with van der Waals surface area (Å²) < 4.78 is 19.6. The number of allylic oxidation sites excluding steroid dienone is 3. The van der Waals surface area contributed by atoms with Gasteiger partial charge in [-0.25, -0.2) is 0 Å². The van der Waals surface area contributed by atoms with Crippen molar-refractivity contribution in [1.29, 1.82) is 0 Å². The summed E-state index contributed by atoms with van der Waals surface area (Å²) in [6.07, 6.45) is 10.3. The van der Waals surface area contributed by atoms with Gasteiger partial charge in [-0.1, -0.05) is 43.9 Å². The molecule has 0 atom stereocenters. The summed E-state index contributed by atoms with van der Waals surface area (Å²) in [6, 6.07) is 5.81. The number of hydrogen-bond donors (Lipinski definition) is 0. The maximum absolute atomic E-state index is 13.2. The van der Waals surface area contributed by atoms with Crippen molar-refractivity contribution in [2.45, 2.75) is 73.1 Å². The molecule has 1 aromatic carbocycles. The predicted molar refractivity (Wildman–Crippen MR) is 138 cm³/mol. The normalized spacial score (nSPS) is 11.5. The Morgan fingerprint density at radius 2 is 1.64 bits per heavy atom. The maximum atomic E-state index is 13.2. The van der Waals surface area contributed by atoms with Crippen LogP contribution >= 0.6 is 0 Å². The van der Waals surface area contributed by atoms with E-state index in [9.17, 15) is 4.79 Å². The number of fused-ring (bicyclic) bond motifs is 1. The first-order valence-corrected chi connectivity index (χ1v) is 12.2. The summed E-state index contributed by atoms with van der Waals surface area (Å²) in [4.78, 5) is 13.2. The molecule has 1 heterocycles. The van der Waals surface area contributed by atoms with Crippen LogP contribution in [0.4, 0.5) is 0 Å². The van der Waals surface area contributed by atoms with Gasteiger partial charge in [-0.2, -0.15) is 0 Å². The van der Waals surface area contributed by atoms with Crippen LogP contribution < -0.4 is 19.8 Å². The largest absolute Gasteiger partial charge is 0.494 e. The molecule has 1 aromatic heterocycles. The zero-order valence-corrected chi connectivity index (χ0v) is 21.3. The average Bonchev–Trinajstić information content (AvgIpc) is 2.78. The first-order chi connectivity index (χ1) is 15.9. The molecule has 5 nitrogen and oxygen atoms in total. The molecule has 0 unspecified atom stereocenters. The molecular formula is C28H41NO4. The lowest BCUT2D eigenvalue weighted by Gasteiger charge is -2.17. The molecule has 0 aliphatic rings. The van der Waals surface area contributed by atoms with Crippen molar-refractivity contribution >= 4 is 10.9 Å². The van der Waals surface area contributed by atoms with Gasteiger partial charge in [0.15, 0.2) is 5.75 Å². The lowest BCUT2D eigenvalue weighted by Crippen LogP contribution is -2.21. The first-order valence-electron chi connectivity index (χ1n) is 12.2. The minimum atomic E-state index is -0.191. The van der Waals surface area contributed by atoms with Crippen molar-refractivity contribution in [2.75, 3.05) is 19.8 Å². The molecule has 2 aromatic rings. The molecule has 0 spiro atoms. The van der Waals surface area contributed by atoms with E-state index in [1.165, 1.54) is 11.1 Å². The molecule has 2 rings (SSSR count). The highest BCUT2D eigenvalue weighted by molar-refractivity contribution is 5.89. The smallest absolute Gasteiger partial charge is 0.297 e. The van der Waals surface area contributed by atoms with Gasteiger partial charge < -0.3 is 18.8 Å². The standard InChI is InChI=1S/C28H41NO4/c1-7-9-17-31-23-14-15-24-25(20-23)29(6)28(30)27(32-18-10-8-2)26(24)33-19-16-22(5)13-11-12-21(3)4/h12,14-16,20H,7-11,13,17-19H2,1-6H3/b22-16+. The summed E-state index contributed by atoms with van der Waals surface area (Å²) in [5, 5.41) is 0.849. The van der Waals surface area contributed by atoms with Crippen molar-refractivity contribution < 1.29 is 14.2 Å². The second kappa shape index (κ2) is 13.8. The quantitative estimate of drug-likeness (QED) is 0.228. The van der Waals surface area contributed by atoms with Gasteiger partial charge >= 0.3 is 0 Å². The molecule has 0 amide bonds. The third-order valence-electron chi connectivity index (χ3n) is 5.54. The van der Waals surface area contributed by atoms with E-state index in [4.69, 9.17) is 14.2 Å². The molecule has 0 aliphatic heterocycles. The Labute approximate surface area is 199 Å². The van der Waals surface area contributed by atoms with Crippen LogP contribution in [0.15, 0.2) is 46.3 Å². The highest BCUT2D eigenvalue weighted by atomic mass is 16.5.